The van der Waals surface area contributed by atoms with Gasteiger partial charge < -0.3 is 0 Å². The Morgan fingerprint density at radius 3 is 2.42 bits per heavy atom. The van der Waals surface area contributed by atoms with E-state index in [0.717, 1.165) is 12.0 Å². The Balaban J connectivity index is 2.27. The van der Waals surface area contributed by atoms with Crippen molar-refractivity contribution in [1.29, 1.82) is 0 Å². The van der Waals surface area contributed by atoms with Crippen LogP contribution in [0, 0.1) is 0 Å². The molecule has 1 aromatic carbocycles. The number of benzene rings is 1. The topological polar surface area (TPSA) is 59.1 Å². The molecule has 6 heteroatoms. The highest BCUT2D eigenvalue weighted by molar-refractivity contribution is 9.10. The second kappa shape index (κ2) is 5.71. The van der Waals surface area contributed by atoms with Gasteiger partial charge in [0, 0.05) is 0 Å². The van der Waals surface area contributed by atoms with Crippen LogP contribution in [0.2, 0.25) is 0 Å². The van der Waals surface area contributed by atoms with E-state index < -0.39 is 10.0 Å². The number of nitrogens with zero attached hydrogens (tertiary/aromatic N) is 1. The van der Waals surface area contributed by atoms with E-state index in [9.17, 15) is 8.42 Å². The van der Waals surface area contributed by atoms with E-state index in [1.54, 1.807) is 30.3 Å². The lowest BCUT2D eigenvalue weighted by Crippen LogP contribution is -2.13. The molecule has 19 heavy (non-hydrogen) atoms. The van der Waals surface area contributed by atoms with Gasteiger partial charge in [-0.3, -0.25) is 4.72 Å². The average Bonchev–Trinajstić information content (AvgIpc) is 2.38. The molecule has 0 saturated heterocycles. The van der Waals surface area contributed by atoms with Gasteiger partial charge in [-0.15, -0.1) is 0 Å². The minimum atomic E-state index is -3.59. The summed E-state index contributed by atoms with van der Waals surface area (Å²) in [6.45, 7) is 2.02. The zero-order valence-corrected chi connectivity index (χ0v) is 12.7. The van der Waals surface area contributed by atoms with Gasteiger partial charge in [-0.05, 0) is 52.2 Å². The predicted octanol–water partition coefficient (Wildman–Crippen LogP) is 3.21. The Hall–Kier alpha value is -1.40. The predicted molar refractivity (Wildman–Crippen MR) is 78.6 cm³/mol. The van der Waals surface area contributed by atoms with Gasteiger partial charge in [0.25, 0.3) is 10.0 Å². The van der Waals surface area contributed by atoms with E-state index in [-0.39, 0.29) is 10.7 Å². The maximum atomic E-state index is 12.1. The van der Waals surface area contributed by atoms with Gasteiger partial charge in [0.2, 0.25) is 0 Å². The molecule has 0 aliphatic carbocycles. The second-order valence-electron chi connectivity index (χ2n) is 3.95. The molecule has 0 radical (unpaired) electrons. The third-order valence-electron chi connectivity index (χ3n) is 2.60. The summed E-state index contributed by atoms with van der Waals surface area (Å²) >= 11 is 3.20. The molecule has 1 aromatic heterocycles. The number of sulfonamides is 1. The van der Waals surface area contributed by atoms with Crippen LogP contribution < -0.4 is 4.72 Å². The molecule has 0 amide bonds. The molecule has 0 spiro atoms. The quantitative estimate of drug-likeness (QED) is 0.869. The third kappa shape index (κ3) is 3.54. The third-order valence-corrected chi connectivity index (χ3v) is 4.41. The zero-order valence-electron chi connectivity index (χ0n) is 10.3. The number of aromatic nitrogens is 1. The van der Waals surface area contributed by atoms with Crippen LogP contribution in [0.25, 0.3) is 0 Å². The molecular formula is C13H13BrN2O2S. The molecule has 1 heterocycles. The first-order valence-electron chi connectivity index (χ1n) is 5.75. The molecule has 2 aromatic rings. The first-order chi connectivity index (χ1) is 9.01. The van der Waals surface area contributed by atoms with Crippen LogP contribution in [0.5, 0.6) is 0 Å². The van der Waals surface area contributed by atoms with Crippen molar-refractivity contribution in [3.63, 3.8) is 0 Å². The van der Waals surface area contributed by atoms with Crippen LogP contribution >= 0.6 is 15.9 Å². The summed E-state index contributed by atoms with van der Waals surface area (Å²) in [6.07, 6.45) is 0.876. The monoisotopic (exact) mass is 340 g/mol. The van der Waals surface area contributed by atoms with Gasteiger partial charge in [-0.25, -0.2) is 13.4 Å². The summed E-state index contributed by atoms with van der Waals surface area (Å²) in [7, 11) is -3.59. The van der Waals surface area contributed by atoms with Crippen LogP contribution in [-0.4, -0.2) is 13.4 Å². The largest absolute Gasteiger partial charge is 0.263 e. The van der Waals surface area contributed by atoms with Crippen molar-refractivity contribution >= 4 is 31.8 Å². The lowest BCUT2D eigenvalue weighted by Gasteiger charge is -2.08. The first-order valence-corrected chi connectivity index (χ1v) is 8.03. The van der Waals surface area contributed by atoms with E-state index in [1.807, 2.05) is 19.1 Å². The fourth-order valence-electron chi connectivity index (χ4n) is 1.57. The van der Waals surface area contributed by atoms with E-state index >= 15 is 0 Å². The molecule has 0 fully saturated rings. The first kappa shape index (κ1) is 14.0. The van der Waals surface area contributed by atoms with E-state index in [2.05, 4.69) is 25.6 Å². The van der Waals surface area contributed by atoms with Crippen molar-refractivity contribution in [1.82, 2.24) is 4.98 Å². The highest BCUT2D eigenvalue weighted by Gasteiger charge is 2.14. The summed E-state index contributed by atoms with van der Waals surface area (Å²) in [5.41, 5.74) is 1.10. The molecule has 2 rings (SSSR count). The number of anilines is 1. The van der Waals surface area contributed by atoms with Crippen LogP contribution in [0.15, 0.2) is 52.0 Å². The molecule has 100 valence electrons. The number of hydrogen-bond donors (Lipinski definition) is 1. The highest BCUT2D eigenvalue weighted by atomic mass is 79.9. The number of pyridine rings is 1. The van der Waals surface area contributed by atoms with E-state index in [0.29, 0.717) is 4.60 Å². The molecule has 0 aliphatic rings. The molecule has 0 bridgehead atoms. The Bertz CT molecular complexity index is 669. The Kier molecular flexibility index (Phi) is 4.21. The molecule has 0 aliphatic heterocycles. The summed E-state index contributed by atoms with van der Waals surface area (Å²) in [5, 5.41) is 0. The van der Waals surface area contributed by atoms with Gasteiger partial charge in [0.15, 0.2) is 0 Å². The van der Waals surface area contributed by atoms with Crippen LogP contribution in [0.4, 0.5) is 5.82 Å². The summed E-state index contributed by atoms with van der Waals surface area (Å²) < 4.78 is 27.3. The summed E-state index contributed by atoms with van der Waals surface area (Å²) in [5.74, 6) is 0.286. The van der Waals surface area contributed by atoms with Crippen LogP contribution in [-0.2, 0) is 16.4 Å². The zero-order chi connectivity index (χ0) is 13.9. The summed E-state index contributed by atoms with van der Waals surface area (Å²) in [4.78, 5) is 4.27. The van der Waals surface area contributed by atoms with Crippen molar-refractivity contribution in [2.24, 2.45) is 0 Å². The minimum Gasteiger partial charge on any atom is -0.263 e. The number of halogens is 1. The maximum absolute atomic E-state index is 12.1. The second-order valence-corrected chi connectivity index (χ2v) is 6.44. The molecule has 0 unspecified atom stereocenters. The average molecular weight is 341 g/mol. The Morgan fingerprint density at radius 1 is 1.16 bits per heavy atom. The highest BCUT2D eigenvalue weighted by Crippen LogP contribution is 2.17. The minimum absolute atomic E-state index is 0.228. The van der Waals surface area contributed by atoms with Gasteiger partial charge in [0.05, 0.1) is 4.90 Å². The molecule has 4 nitrogen and oxygen atoms in total. The van der Waals surface area contributed by atoms with Crippen molar-refractivity contribution in [3.05, 3.63) is 52.6 Å². The normalized spacial score (nSPS) is 11.3. The van der Waals surface area contributed by atoms with E-state index in [4.69, 9.17) is 0 Å². The fraction of sp³-hybridized carbons (Fsp3) is 0.154. The van der Waals surface area contributed by atoms with Gasteiger partial charge in [-0.2, -0.15) is 0 Å². The van der Waals surface area contributed by atoms with Gasteiger partial charge >= 0.3 is 0 Å². The van der Waals surface area contributed by atoms with Crippen molar-refractivity contribution in [2.75, 3.05) is 4.72 Å². The number of rotatable bonds is 4. The number of hydrogen-bond acceptors (Lipinski definition) is 3. The molecular weight excluding hydrogens is 328 g/mol. The SMILES string of the molecule is CCc1ccc(S(=O)(=O)Nc2cccc(Br)n2)cc1. The molecule has 0 atom stereocenters. The van der Waals surface area contributed by atoms with Crippen molar-refractivity contribution < 1.29 is 8.42 Å². The van der Waals surface area contributed by atoms with Crippen LogP contribution in [0.1, 0.15) is 12.5 Å². The van der Waals surface area contributed by atoms with Gasteiger partial charge in [-0.1, -0.05) is 25.1 Å². The lowest BCUT2D eigenvalue weighted by atomic mass is 10.2. The van der Waals surface area contributed by atoms with Crippen molar-refractivity contribution in [3.8, 4) is 0 Å². The van der Waals surface area contributed by atoms with E-state index in [1.165, 1.54) is 0 Å². The van der Waals surface area contributed by atoms with Crippen LogP contribution in [0.3, 0.4) is 0 Å². The molecule has 0 saturated carbocycles. The Morgan fingerprint density at radius 2 is 1.84 bits per heavy atom. The number of nitrogens with one attached hydrogen (secondary N) is 1. The molecule has 1 N–H and O–H groups in total. The standard InChI is InChI=1S/C13H13BrN2O2S/c1-2-10-6-8-11(9-7-10)19(17,18)16-13-5-3-4-12(14)15-13/h3-9H,2H2,1H3,(H,15,16). The lowest BCUT2D eigenvalue weighted by molar-refractivity contribution is 0.601. The van der Waals surface area contributed by atoms with Crippen molar-refractivity contribution in [2.45, 2.75) is 18.2 Å². The fourth-order valence-corrected chi connectivity index (χ4v) is 2.91. The maximum Gasteiger partial charge on any atom is 0.263 e. The summed E-state index contributed by atoms with van der Waals surface area (Å²) in [6, 6.07) is 11.9. The smallest absolute Gasteiger partial charge is 0.263 e. The number of aryl methyl sites for hydroxylation is 1. The Labute approximate surface area is 121 Å². The van der Waals surface area contributed by atoms with Gasteiger partial charge in [0.1, 0.15) is 10.4 Å².